The molecule has 4 aromatic rings. The molecule has 0 saturated carbocycles. The van der Waals surface area contributed by atoms with Crippen LogP contribution in [0.25, 0.3) is 5.69 Å². The van der Waals surface area contributed by atoms with Crippen LogP contribution in [0.4, 0.5) is 11.4 Å². The fourth-order valence-corrected chi connectivity index (χ4v) is 7.53. The molecule has 2 aromatic heterocycles. The number of nitrogens with one attached hydrogen (secondary N) is 1. The molecule has 0 spiro atoms. The number of hydrogen-bond acceptors (Lipinski definition) is 3. The molecule has 212 valence electrons. The van der Waals surface area contributed by atoms with Crippen molar-refractivity contribution in [2.24, 2.45) is 11.8 Å². The van der Waals surface area contributed by atoms with Gasteiger partial charge in [-0.25, -0.2) is 0 Å². The number of hydrogen-bond donors (Lipinski definition) is 1. The molecule has 4 heterocycles. The van der Waals surface area contributed by atoms with Crippen molar-refractivity contribution in [3.63, 3.8) is 0 Å². The minimum atomic E-state index is -0.113. The predicted octanol–water partition coefficient (Wildman–Crippen LogP) is 8.11. The van der Waals surface area contributed by atoms with Gasteiger partial charge >= 0.3 is 0 Å². The zero-order valence-electron chi connectivity index (χ0n) is 24.4. The summed E-state index contributed by atoms with van der Waals surface area (Å²) in [7, 11) is 0. The first-order valence-electron chi connectivity index (χ1n) is 14.5. The van der Waals surface area contributed by atoms with Crippen molar-refractivity contribution < 1.29 is 0 Å². The van der Waals surface area contributed by atoms with Gasteiger partial charge in [0.05, 0.1) is 28.5 Å². The van der Waals surface area contributed by atoms with Crippen LogP contribution >= 0.6 is 23.8 Å². The lowest BCUT2D eigenvalue weighted by atomic mass is 9.91. The third kappa shape index (κ3) is 5.24. The number of aryl methyl sites for hydroxylation is 2. The van der Waals surface area contributed by atoms with Crippen molar-refractivity contribution in [2.75, 3.05) is 22.9 Å². The molecule has 6 rings (SSSR count). The maximum absolute atomic E-state index is 7.04. The molecule has 2 aliphatic heterocycles. The van der Waals surface area contributed by atoms with Crippen LogP contribution < -0.4 is 15.1 Å². The molecular formula is C34H38ClN5S. The molecule has 5 nitrogen and oxygen atoms in total. The Morgan fingerprint density at radius 3 is 2.27 bits per heavy atom. The molecule has 4 atom stereocenters. The fraction of sp³-hybridized carbons (Fsp3) is 0.353. The predicted molar refractivity (Wildman–Crippen MR) is 175 cm³/mol. The van der Waals surface area contributed by atoms with Gasteiger partial charge in [0.15, 0.2) is 5.11 Å². The van der Waals surface area contributed by atoms with Crippen LogP contribution in [0.5, 0.6) is 0 Å². The van der Waals surface area contributed by atoms with Crippen molar-refractivity contribution in [3.05, 3.63) is 106 Å². The normalized spacial score (nSPS) is 22.7. The van der Waals surface area contributed by atoms with E-state index in [-0.39, 0.29) is 12.1 Å². The second-order valence-corrected chi connectivity index (χ2v) is 12.8. The molecular weight excluding hydrogens is 546 g/mol. The van der Waals surface area contributed by atoms with Crippen LogP contribution in [0.3, 0.4) is 0 Å². The number of aromatic nitrogens is 2. The summed E-state index contributed by atoms with van der Waals surface area (Å²) < 4.78 is 2.33. The molecule has 0 amide bonds. The lowest BCUT2D eigenvalue weighted by Crippen LogP contribution is -2.38. The number of anilines is 2. The van der Waals surface area contributed by atoms with Crippen molar-refractivity contribution in [3.8, 4) is 5.69 Å². The minimum absolute atomic E-state index is 0.0975. The summed E-state index contributed by atoms with van der Waals surface area (Å²) in [4.78, 5) is 9.41. The van der Waals surface area contributed by atoms with E-state index < -0.39 is 0 Å². The lowest BCUT2D eigenvalue weighted by Gasteiger charge is -2.37. The Bertz CT molecular complexity index is 1550. The van der Waals surface area contributed by atoms with Crippen LogP contribution in [0, 0.1) is 32.6 Å². The molecule has 2 aromatic carbocycles. The number of thiocarbonyl (C=S) groups is 1. The van der Waals surface area contributed by atoms with Crippen molar-refractivity contribution >= 4 is 40.3 Å². The van der Waals surface area contributed by atoms with Gasteiger partial charge in [-0.2, -0.15) is 0 Å². The first-order valence-corrected chi connectivity index (χ1v) is 15.3. The maximum atomic E-state index is 7.04. The van der Waals surface area contributed by atoms with E-state index in [9.17, 15) is 0 Å². The Kier molecular flexibility index (Phi) is 7.56. The van der Waals surface area contributed by atoms with Gasteiger partial charge in [-0.15, -0.1) is 0 Å². The average molecular weight is 584 g/mol. The molecule has 7 heteroatoms. The molecule has 0 unspecified atom stereocenters. The fourth-order valence-electron chi connectivity index (χ4n) is 6.89. The smallest absolute Gasteiger partial charge is 0.174 e. The first kappa shape index (κ1) is 27.8. The Hall–Kier alpha value is -3.35. The van der Waals surface area contributed by atoms with E-state index in [0.29, 0.717) is 16.9 Å². The quantitative estimate of drug-likeness (QED) is 0.240. The molecule has 1 N–H and O–H groups in total. The number of benzene rings is 2. The number of rotatable bonds is 5. The van der Waals surface area contributed by atoms with Gasteiger partial charge in [-0.05, 0) is 105 Å². The molecule has 2 saturated heterocycles. The standard InChI is InChI=1S/C34H38ClN5S/c1-21-9-11-26(12-10-21)39-24(4)17-28(25(39)5)33-32(30-8-6-7-15-36-30)37-34(41)40(33)27-13-14-31(29(35)18-27)38-19-22(2)16-23(3)20-38/h6-15,17-18,22-23,32-33H,16,19-20H2,1-5H3,(H,37,41)/t22-,23+,32-,33-/m0/s1. The van der Waals surface area contributed by atoms with E-state index in [0.717, 1.165) is 40.9 Å². The molecule has 2 aliphatic rings. The van der Waals surface area contributed by atoms with Crippen LogP contribution in [0.2, 0.25) is 5.02 Å². The minimum Gasteiger partial charge on any atom is -0.370 e. The second-order valence-electron chi connectivity index (χ2n) is 12.0. The van der Waals surface area contributed by atoms with E-state index in [4.69, 9.17) is 28.8 Å². The highest BCUT2D eigenvalue weighted by molar-refractivity contribution is 7.80. The lowest BCUT2D eigenvalue weighted by molar-refractivity contribution is 0.357. The Balaban J connectivity index is 1.44. The summed E-state index contributed by atoms with van der Waals surface area (Å²) >= 11 is 13.1. The maximum Gasteiger partial charge on any atom is 0.174 e. The third-order valence-electron chi connectivity index (χ3n) is 8.60. The first-order chi connectivity index (χ1) is 19.7. The van der Waals surface area contributed by atoms with Gasteiger partial charge in [0.1, 0.15) is 0 Å². The van der Waals surface area contributed by atoms with Gasteiger partial charge in [-0.3, -0.25) is 4.98 Å². The van der Waals surface area contributed by atoms with Crippen molar-refractivity contribution in [1.29, 1.82) is 0 Å². The van der Waals surface area contributed by atoms with Gasteiger partial charge in [0.2, 0.25) is 0 Å². The number of pyridine rings is 1. The Morgan fingerprint density at radius 1 is 0.902 bits per heavy atom. The molecule has 0 bridgehead atoms. The highest BCUT2D eigenvalue weighted by Gasteiger charge is 2.42. The van der Waals surface area contributed by atoms with E-state index in [1.165, 1.54) is 28.9 Å². The van der Waals surface area contributed by atoms with E-state index in [1.807, 2.05) is 18.3 Å². The Morgan fingerprint density at radius 2 is 1.61 bits per heavy atom. The second kappa shape index (κ2) is 11.1. The number of piperidine rings is 1. The van der Waals surface area contributed by atoms with Crippen molar-refractivity contribution in [1.82, 2.24) is 14.9 Å². The highest BCUT2D eigenvalue weighted by atomic mass is 35.5. The monoisotopic (exact) mass is 583 g/mol. The topological polar surface area (TPSA) is 36.3 Å². The van der Waals surface area contributed by atoms with Crippen LogP contribution in [0.1, 0.15) is 60.6 Å². The van der Waals surface area contributed by atoms with E-state index >= 15 is 0 Å². The zero-order chi connectivity index (χ0) is 28.8. The number of halogens is 1. The largest absolute Gasteiger partial charge is 0.370 e. The molecule has 41 heavy (non-hydrogen) atoms. The summed E-state index contributed by atoms with van der Waals surface area (Å²) in [6.07, 6.45) is 3.11. The van der Waals surface area contributed by atoms with Gasteiger partial charge in [0.25, 0.3) is 0 Å². The summed E-state index contributed by atoms with van der Waals surface area (Å²) in [5.74, 6) is 1.30. The molecule has 0 radical (unpaired) electrons. The van der Waals surface area contributed by atoms with Gasteiger partial charge < -0.3 is 19.7 Å². The Labute approximate surface area is 254 Å². The third-order valence-corrected chi connectivity index (χ3v) is 9.22. The molecule has 0 aliphatic carbocycles. The number of nitrogens with zero attached hydrogens (tertiary/aromatic N) is 4. The summed E-state index contributed by atoms with van der Waals surface area (Å²) in [6, 6.07) is 23.3. The average Bonchev–Trinajstić information content (AvgIpc) is 3.44. The van der Waals surface area contributed by atoms with Gasteiger partial charge in [-0.1, -0.05) is 49.2 Å². The summed E-state index contributed by atoms with van der Waals surface area (Å²) in [5, 5.41) is 5.05. The van der Waals surface area contributed by atoms with Crippen molar-refractivity contribution in [2.45, 2.75) is 53.1 Å². The SMILES string of the molecule is Cc1ccc(-n2c(C)cc([C@H]3[C@H](c4ccccn4)NC(=S)N3c3ccc(N4C[C@H](C)C[C@H](C)C4)c(Cl)c3)c2C)cc1. The van der Waals surface area contributed by atoms with Crippen LogP contribution in [-0.2, 0) is 0 Å². The van der Waals surface area contributed by atoms with Gasteiger partial charge in [0, 0.05) is 42.0 Å². The van der Waals surface area contributed by atoms with Crippen LogP contribution in [-0.4, -0.2) is 27.8 Å². The summed E-state index contributed by atoms with van der Waals surface area (Å²) in [5.41, 5.74) is 9.03. The van der Waals surface area contributed by atoms with E-state index in [2.05, 4.69) is 109 Å². The highest BCUT2D eigenvalue weighted by Crippen LogP contribution is 2.45. The van der Waals surface area contributed by atoms with Crippen LogP contribution in [0.15, 0.2) is 72.9 Å². The summed E-state index contributed by atoms with van der Waals surface area (Å²) in [6.45, 7) is 13.2. The molecule has 2 fully saturated rings. The zero-order valence-corrected chi connectivity index (χ0v) is 26.0. The van der Waals surface area contributed by atoms with E-state index in [1.54, 1.807) is 0 Å².